The average molecular weight is 387 g/mol. The first-order valence-corrected chi connectivity index (χ1v) is 8.93. The molecule has 28 heavy (non-hydrogen) atoms. The van der Waals surface area contributed by atoms with Gasteiger partial charge >= 0.3 is 0 Å². The van der Waals surface area contributed by atoms with Crippen molar-refractivity contribution >= 4 is 0 Å². The van der Waals surface area contributed by atoms with Gasteiger partial charge in [-0.25, -0.2) is 4.39 Å². The molecule has 1 N–H and O–H groups in total. The van der Waals surface area contributed by atoms with Crippen LogP contribution in [0.5, 0.6) is 11.5 Å². The lowest BCUT2D eigenvalue weighted by atomic mass is 10.1. The van der Waals surface area contributed by atoms with Gasteiger partial charge in [0.05, 0.1) is 26.9 Å². The fourth-order valence-corrected chi connectivity index (χ4v) is 2.96. The first kappa shape index (κ1) is 21.7. The van der Waals surface area contributed by atoms with Crippen LogP contribution in [0.1, 0.15) is 11.1 Å². The van der Waals surface area contributed by atoms with E-state index in [1.54, 1.807) is 26.4 Å². The molecule has 1 atom stereocenters. The number of benzene rings is 2. The normalized spacial score (nSPS) is 11.9. The lowest BCUT2D eigenvalue weighted by Gasteiger charge is -2.26. The Balaban J connectivity index is 2.17. The van der Waals surface area contributed by atoms with Crippen LogP contribution in [0, 0.1) is 18.2 Å². The molecule has 0 spiro atoms. The van der Waals surface area contributed by atoms with Gasteiger partial charge in [-0.2, -0.15) is 0 Å². The molecule has 0 aliphatic rings. The summed E-state index contributed by atoms with van der Waals surface area (Å²) in [5, 5.41) is 10.3. The lowest BCUT2D eigenvalue weighted by molar-refractivity contribution is 0.0242. The average Bonchev–Trinajstić information content (AvgIpc) is 2.69. The maximum atomic E-state index is 13.2. The fraction of sp³-hybridized carbons (Fsp3) is 0.364. The molecule has 2 rings (SSSR count). The molecule has 0 aliphatic carbocycles. The Kier molecular flexibility index (Phi) is 8.76. The van der Waals surface area contributed by atoms with E-state index in [1.165, 1.54) is 12.1 Å². The van der Waals surface area contributed by atoms with Crippen LogP contribution in [-0.2, 0) is 17.8 Å². The van der Waals surface area contributed by atoms with E-state index < -0.39 is 6.10 Å². The molecule has 0 fully saturated rings. The Morgan fingerprint density at radius 1 is 1.11 bits per heavy atom. The van der Waals surface area contributed by atoms with Gasteiger partial charge in [0.2, 0.25) is 0 Å². The maximum absolute atomic E-state index is 13.2. The minimum absolute atomic E-state index is 0.138. The fourth-order valence-electron chi connectivity index (χ4n) is 2.96. The van der Waals surface area contributed by atoms with Crippen LogP contribution in [0.15, 0.2) is 42.5 Å². The number of hydrogen-bond acceptors (Lipinski definition) is 5. The molecule has 0 aliphatic heterocycles. The third-order valence-electron chi connectivity index (χ3n) is 4.16. The Labute approximate surface area is 165 Å². The standard InChI is InChI=1S/C22H26FNO4/c1-4-12-28-16-20(25)15-24(13-17-8-10-19(23)11-9-17)14-18-6-5-7-21(26-2)22(18)27-3/h1,5-11,20,25H,12-16H2,2-3H3/t20-/m1/s1. The molecule has 0 radical (unpaired) electrons. The van der Waals surface area contributed by atoms with Crippen molar-refractivity contribution in [3.63, 3.8) is 0 Å². The molecule has 2 aromatic carbocycles. The molecule has 0 heterocycles. The summed E-state index contributed by atoms with van der Waals surface area (Å²) in [6, 6.07) is 12.0. The van der Waals surface area contributed by atoms with E-state index in [1.807, 2.05) is 23.1 Å². The number of aliphatic hydroxyl groups is 1. The van der Waals surface area contributed by atoms with Crippen molar-refractivity contribution in [2.45, 2.75) is 19.2 Å². The Bertz CT molecular complexity index is 773. The van der Waals surface area contributed by atoms with Gasteiger partial charge < -0.3 is 19.3 Å². The van der Waals surface area contributed by atoms with Crippen LogP contribution >= 0.6 is 0 Å². The number of para-hydroxylation sites is 1. The number of methoxy groups -OCH3 is 2. The second kappa shape index (κ2) is 11.3. The van der Waals surface area contributed by atoms with Crippen molar-refractivity contribution in [2.75, 3.05) is 34.0 Å². The van der Waals surface area contributed by atoms with E-state index in [9.17, 15) is 9.50 Å². The predicted molar refractivity (Wildman–Crippen MR) is 106 cm³/mol. The highest BCUT2D eigenvalue weighted by Gasteiger charge is 2.17. The van der Waals surface area contributed by atoms with Gasteiger partial charge in [-0.05, 0) is 23.8 Å². The van der Waals surface area contributed by atoms with Gasteiger partial charge in [0, 0.05) is 25.2 Å². The topological polar surface area (TPSA) is 51.2 Å². The van der Waals surface area contributed by atoms with Crippen molar-refractivity contribution in [2.24, 2.45) is 0 Å². The van der Waals surface area contributed by atoms with Crippen molar-refractivity contribution < 1.29 is 23.7 Å². The van der Waals surface area contributed by atoms with Crippen molar-refractivity contribution in [1.29, 1.82) is 0 Å². The summed E-state index contributed by atoms with van der Waals surface area (Å²) in [5.74, 6) is 3.38. The minimum Gasteiger partial charge on any atom is -0.493 e. The highest BCUT2D eigenvalue weighted by molar-refractivity contribution is 5.46. The zero-order valence-corrected chi connectivity index (χ0v) is 16.2. The van der Waals surface area contributed by atoms with Crippen LogP contribution in [0.4, 0.5) is 4.39 Å². The molecule has 0 aromatic heterocycles. The van der Waals surface area contributed by atoms with Crippen LogP contribution < -0.4 is 9.47 Å². The molecule has 2 aromatic rings. The van der Waals surface area contributed by atoms with Gasteiger partial charge in [0.25, 0.3) is 0 Å². The van der Waals surface area contributed by atoms with Gasteiger partial charge in [-0.3, -0.25) is 4.90 Å². The molecular formula is C22H26FNO4. The maximum Gasteiger partial charge on any atom is 0.165 e. The first-order valence-electron chi connectivity index (χ1n) is 8.93. The molecular weight excluding hydrogens is 361 g/mol. The largest absolute Gasteiger partial charge is 0.493 e. The summed E-state index contributed by atoms with van der Waals surface area (Å²) in [7, 11) is 3.18. The van der Waals surface area contributed by atoms with E-state index in [2.05, 4.69) is 5.92 Å². The molecule has 0 saturated carbocycles. The molecule has 0 unspecified atom stereocenters. The summed E-state index contributed by atoms with van der Waals surface area (Å²) in [4.78, 5) is 2.04. The summed E-state index contributed by atoms with van der Waals surface area (Å²) in [6.45, 7) is 1.66. The third-order valence-corrected chi connectivity index (χ3v) is 4.16. The van der Waals surface area contributed by atoms with E-state index >= 15 is 0 Å². The van der Waals surface area contributed by atoms with Crippen molar-refractivity contribution in [1.82, 2.24) is 4.90 Å². The van der Waals surface area contributed by atoms with Crippen LogP contribution in [-0.4, -0.2) is 50.1 Å². The lowest BCUT2D eigenvalue weighted by Crippen LogP contribution is -2.34. The third kappa shape index (κ3) is 6.54. The summed E-state index contributed by atoms with van der Waals surface area (Å²) in [5.41, 5.74) is 1.85. The quantitative estimate of drug-likeness (QED) is 0.475. The number of hydrogen-bond donors (Lipinski definition) is 1. The zero-order chi connectivity index (χ0) is 20.4. The van der Waals surface area contributed by atoms with E-state index in [0.29, 0.717) is 31.1 Å². The van der Waals surface area contributed by atoms with Gasteiger partial charge in [-0.1, -0.05) is 30.2 Å². The zero-order valence-electron chi connectivity index (χ0n) is 16.2. The number of nitrogens with zero attached hydrogens (tertiary/aromatic N) is 1. The molecule has 0 saturated heterocycles. The molecule has 5 nitrogen and oxygen atoms in total. The second-order valence-electron chi connectivity index (χ2n) is 6.32. The number of rotatable bonds is 11. The molecule has 6 heteroatoms. The molecule has 150 valence electrons. The van der Waals surface area contributed by atoms with E-state index in [4.69, 9.17) is 20.6 Å². The number of aliphatic hydroxyl groups excluding tert-OH is 1. The van der Waals surface area contributed by atoms with Gasteiger partial charge in [0.1, 0.15) is 12.4 Å². The summed E-state index contributed by atoms with van der Waals surface area (Å²) >= 11 is 0. The van der Waals surface area contributed by atoms with Crippen molar-refractivity contribution in [3.8, 4) is 23.8 Å². The minimum atomic E-state index is -0.717. The van der Waals surface area contributed by atoms with E-state index in [-0.39, 0.29) is 19.0 Å². The van der Waals surface area contributed by atoms with Crippen molar-refractivity contribution in [3.05, 3.63) is 59.4 Å². The summed E-state index contributed by atoms with van der Waals surface area (Å²) < 4.78 is 29.3. The Morgan fingerprint density at radius 3 is 2.50 bits per heavy atom. The Hall–Kier alpha value is -2.59. The van der Waals surface area contributed by atoms with Crippen LogP contribution in [0.2, 0.25) is 0 Å². The van der Waals surface area contributed by atoms with Gasteiger partial charge in [0.15, 0.2) is 11.5 Å². The van der Waals surface area contributed by atoms with Crippen LogP contribution in [0.3, 0.4) is 0 Å². The smallest absolute Gasteiger partial charge is 0.165 e. The highest BCUT2D eigenvalue weighted by Crippen LogP contribution is 2.31. The molecule has 0 bridgehead atoms. The number of terminal acetylenes is 1. The predicted octanol–water partition coefficient (Wildman–Crippen LogP) is 2.86. The highest BCUT2D eigenvalue weighted by atomic mass is 19.1. The first-order chi connectivity index (χ1) is 13.6. The number of ether oxygens (including phenoxy) is 3. The molecule has 0 amide bonds. The van der Waals surface area contributed by atoms with Crippen LogP contribution in [0.25, 0.3) is 0 Å². The SMILES string of the molecule is C#CCOC[C@H](O)CN(Cc1ccc(F)cc1)Cc1cccc(OC)c1OC. The van der Waals surface area contributed by atoms with Gasteiger partial charge in [-0.15, -0.1) is 6.42 Å². The van der Waals surface area contributed by atoms with E-state index in [0.717, 1.165) is 11.1 Å². The second-order valence-corrected chi connectivity index (χ2v) is 6.32. The Morgan fingerprint density at radius 2 is 1.86 bits per heavy atom. The monoisotopic (exact) mass is 387 g/mol. The number of halogens is 1. The summed E-state index contributed by atoms with van der Waals surface area (Å²) in [6.07, 6.45) is 4.45.